The first-order valence-electron chi connectivity index (χ1n) is 16.3. The van der Waals surface area contributed by atoms with Crippen LogP contribution in [0.4, 0.5) is 10.1 Å². The van der Waals surface area contributed by atoms with E-state index in [1.807, 2.05) is 56.4 Å². The van der Waals surface area contributed by atoms with Crippen molar-refractivity contribution in [2.24, 2.45) is 7.05 Å². The number of nitrogens with zero attached hydrogens (tertiary/aromatic N) is 5. The van der Waals surface area contributed by atoms with Crippen LogP contribution in [0.2, 0.25) is 5.02 Å². The monoisotopic (exact) mass is 665 g/mol. The van der Waals surface area contributed by atoms with Crippen LogP contribution in [0.15, 0.2) is 66.7 Å². The lowest BCUT2D eigenvalue weighted by Crippen LogP contribution is -2.33. The average Bonchev–Trinajstić information content (AvgIpc) is 3.62. The number of aromatic amines is 1. The number of carbonyl (C=O) groups excluding carboxylic acids is 1. The van der Waals surface area contributed by atoms with Crippen LogP contribution in [0, 0.1) is 12.7 Å². The number of hydrogen-bond acceptors (Lipinski definition) is 6. The number of nitrogens with one attached hydrogen (secondary N) is 2. The zero-order chi connectivity index (χ0) is 33.4. The van der Waals surface area contributed by atoms with Crippen molar-refractivity contribution in [2.45, 2.75) is 52.2 Å². The molecule has 0 radical (unpaired) electrons. The van der Waals surface area contributed by atoms with Crippen LogP contribution >= 0.6 is 11.6 Å². The van der Waals surface area contributed by atoms with E-state index in [1.165, 1.54) is 6.07 Å². The summed E-state index contributed by atoms with van der Waals surface area (Å²) < 4.78 is 22.1. The number of ether oxygens (including phenoxy) is 1. The van der Waals surface area contributed by atoms with Crippen molar-refractivity contribution in [1.29, 1.82) is 0 Å². The number of imidazole rings is 1. The quantitative estimate of drug-likeness (QED) is 0.164. The van der Waals surface area contributed by atoms with E-state index in [1.54, 1.807) is 18.2 Å². The minimum absolute atomic E-state index is 0.0872. The number of carbonyl (C=O) groups is 1. The Balaban J connectivity index is 0.978. The predicted octanol–water partition coefficient (Wildman–Crippen LogP) is 7.72. The number of halogens is 2. The normalized spacial score (nSPS) is 14.2. The number of hydrogen-bond donors (Lipinski definition) is 2. The number of aromatic nitrogens is 5. The molecule has 1 amide bonds. The highest BCUT2D eigenvalue weighted by molar-refractivity contribution is 6.30. The molecule has 0 aliphatic carbocycles. The SMILES string of the molecule is CCc1cc(NC(=O)c2ccc3c(c2)nc(CN2CCC(c4cccc(OCc5ccc(Cl)cc5F)n4)CC2)n3C)cc2c(C)[nH]nc12. The third-order valence-corrected chi connectivity index (χ3v) is 9.54. The van der Waals surface area contributed by atoms with Crippen molar-refractivity contribution in [1.82, 2.24) is 29.6 Å². The van der Waals surface area contributed by atoms with Crippen LogP contribution in [-0.2, 0) is 26.6 Å². The summed E-state index contributed by atoms with van der Waals surface area (Å²) in [5, 5.41) is 11.9. The Morgan fingerprint density at radius 1 is 1.06 bits per heavy atom. The van der Waals surface area contributed by atoms with Crippen LogP contribution in [0.5, 0.6) is 5.88 Å². The molecule has 4 heterocycles. The van der Waals surface area contributed by atoms with Gasteiger partial charge in [-0.1, -0.05) is 30.7 Å². The number of benzene rings is 3. The molecule has 1 fully saturated rings. The Morgan fingerprint density at radius 3 is 2.69 bits per heavy atom. The van der Waals surface area contributed by atoms with E-state index in [9.17, 15) is 9.18 Å². The maximum Gasteiger partial charge on any atom is 0.255 e. The molecule has 7 rings (SSSR count). The highest BCUT2D eigenvalue weighted by Crippen LogP contribution is 2.30. The van der Waals surface area contributed by atoms with Gasteiger partial charge in [0.05, 0.1) is 23.1 Å². The lowest BCUT2D eigenvalue weighted by Gasteiger charge is -2.31. The van der Waals surface area contributed by atoms with E-state index in [0.29, 0.717) is 34.5 Å². The number of H-pyrrole nitrogens is 1. The van der Waals surface area contributed by atoms with Gasteiger partial charge in [-0.05, 0) is 93.4 Å². The van der Waals surface area contributed by atoms with Gasteiger partial charge < -0.3 is 14.6 Å². The van der Waals surface area contributed by atoms with Crippen molar-refractivity contribution in [2.75, 3.05) is 18.4 Å². The molecule has 1 aliphatic heterocycles. The number of fused-ring (bicyclic) bond motifs is 2. The first-order chi connectivity index (χ1) is 23.2. The smallest absolute Gasteiger partial charge is 0.255 e. The summed E-state index contributed by atoms with van der Waals surface area (Å²) in [7, 11) is 2.03. The van der Waals surface area contributed by atoms with Crippen LogP contribution in [0.1, 0.15) is 64.4 Å². The third kappa shape index (κ3) is 6.50. The summed E-state index contributed by atoms with van der Waals surface area (Å²) in [4.78, 5) is 25.4. The molecule has 0 atom stereocenters. The number of amides is 1. The van der Waals surface area contributed by atoms with Crippen molar-refractivity contribution >= 4 is 45.1 Å². The first kappa shape index (κ1) is 31.8. The summed E-state index contributed by atoms with van der Waals surface area (Å²) in [6.45, 7) is 6.68. The Morgan fingerprint density at radius 2 is 1.90 bits per heavy atom. The van der Waals surface area contributed by atoms with E-state index in [-0.39, 0.29) is 12.5 Å². The zero-order valence-corrected chi connectivity index (χ0v) is 27.9. The van der Waals surface area contributed by atoms with Gasteiger partial charge in [-0.15, -0.1) is 0 Å². The molecular formula is C37H37ClFN7O2. The lowest BCUT2D eigenvalue weighted by atomic mass is 9.93. The molecule has 0 unspecified atom stereocenters. The molecular weight excluding hydrogens is 629 g/mol. The molecule has 48 heavy (non-hydrogen) atoms. The summed E-state index contributed by atoms with van der Waals surface area (Å²) in [5.74, 6) is 1.19. The van der Waals surface area contributed by atoms with Crippen molar-refractivity contribution in [3.8, 4) is 5.88 Å². The Hall–Kier alpha value is -4.80. The van der Waals surface area contributed by atoms with Gasteiger partial charge in [0.1, 0.15) is 18.2 Å². The largest absolute Gasteiger partial charge is 0.473 e. The maximum atomic E-state index is 14.2. The number of piperidine rings is 1. The van der Waals surface area contributed by atoms with Gasteiger partial charge in [0.15, 0.2) is 0 Å². The Kier molecular flexibility index (Phi) is 8.85. The maximum absolute atomic E-state index is 14.2. The Labute approximate surface area is 283 Å². The van der Waals surface area contributed by atoms with E-state index in [0.717, 1.165) is 82.8 Å². The minimum atomic E-state index is -0.391. The molecule has 1 saturated heterocycles. The van der Waals surface area contributed by atoms with Gasteiger partial charge in [-0.25, -0.2) is 14.4 Å². The highest BCUT2D eigenvalue weighted by atomic mass is 35.5. The molecule has 2 N–H and O–H groups in total. The second-order valence-electron chi connectivity index (χ2n) is 12.5. The Bertz CT molecular complexity index is 2130. The second-order valence-corrected chi connectivity index (χ2v) is 12.9. The molecule has 3 aromatic carbocycles. The van der Waals surface area contributed by atoms with Crippen molar-refractivity contribution < 1.29 is 13.9 Å². The summed E-state index contributed by atoms with van der Waals surface area (Å²) in [6, 6.07) is 20.0. The second kappa shape index (κ2) is 13.4. The molecule has 3 aromatic heterocycles. The van der Waals surface area contributed by atoms with Crippen molar-refractivity contribution in [3.63, 3.8) is 0 Å². The fraction of sp³-hybridized carbons (Fsp3) is 0.297. The topological polar surface area (TPSA) is 101 Å². The van der Waals surface area contributed by atoms with Crippen LogP contribution in [0.3, 0.4) is 0 Å². The summed E-state index contributed by atoms with van der Waals surface area (Å²) >= 11 is 5.87. The van der Waals surface area contributed by atoms with Gasteiger partial charge in [0.25, 0.3) is 5.91 Å². The fourth-order valence-electron chi connectivity index (χ4n) is 6.51. The third-order valence-electron chi connectivity index (χ3n) is 9.31. The molecule has 1 aliphatic rings. The van der Waals surface area contributed by atoms with E-state index in [2.05, 4.69) is 31.9 Å². The van der Waals surface area contributed by atoms with Crippen LogP contribution in [0.25, 0.3) is 21.9 Å². The minimum Gasteiger partial charge on any atom is -0.473 e. The van der Waals surface area contributed by atoms with Crippen LogP contribution < -0.4 is 10.1 Å². The van der Waals surface area contributed by atoms with Crippen LogP contribution in [-0.4, -0.2) is 48.6 Å². The van der Waals surface area contributed by atoms with E-state index < -0.39 is 5.82 Å². The molecule has 9 nitrogen and oxygen atoms in total. The molecule has 11 heteroatoms. The number of pyridine rings is 1. The number of likely N-dealkylation sites (tertiary alicyclic amines) is 1. The molecule has 0 bridgehead atoms. The number of anilines is 1. The zero-order valence-electron chi connectivity index (χ0n) is 27.2. The lowest BCUT2D eigenvalue weighted by molar-refractivity contribution is 0.102. The first-order valence-corrected chi connectivity index (χ1v) is 16.6. The van der Waals surface area contributed by atoms with Gasteiger partial charge in [0, 0.05) is 57.6 Å². The average molecular weight is 666 g/mol. The molecule has 0 spiro atoms. The molecule has 6 aromatic rings. The van der Waals surface area contributed by atoms with Gasteiger partial charge in [-0.2, -0.15) is 5.10 Å². The van der Waals surface area contributed by atoms with Crippen molar-refractivity contribution in [3.05, 3.63) is 111 Å². The molecule has 246 valence electrons. The number of aryl methyl sites for hydroxylation is 3. The van der Waals surface area contributed by atoms with Gasteiger partial charge in [-0.3, -0.25) is 14.8 Å². The van der Waals surface area contributed by atoms with E-state index >= 15 is 0 Å². The van der Waals surface area contributed by atoms with Gasteiger partial charge in [0.2, 0.25) is 5.88 Å². The fourth-order valence-corrected chi connectivity index (χ4v) is 6.66. The summed E-state index contributed by atoms with van der Waals surface area (Å²) in [6.07, 6.45) is 2.74. The highest BCUT2D eigenvalue weighted by Gasteiger charge is 2.24. The van der Waals surface area contributed by atoms with E-state index in [4.69, 9.17) is 26.3 Å². The van der Waals surface area contributed by atoms with Gasteiger partial charge >= 0.3 is 0 Å². The predicted molar refractivity (Wildman–Crippen MR) is 186 cm³/mol. The molecule has 0 saturated carbocycles. The summed E-state index contributed by atoms with van der Waals surface area (Å²) in [5.41, 5.74) is 7.53. The number of rotatable bonds is 9. The standard InChI is InChI=1S/C37H37ClFN7O2/c1-4-23-16-28(19-29-22(2)43-44-36(23)29)40-37(47)25-9-11-33-32(17-25)41-34(45(33)3)20-46-14-12-24(13-15-46)31-6-5-7-35(42-31)48-21-26-8-10-27(38)18-30(26)39/h5-11,16-19,24H,4,12-15,20-21H2,1-3H3,(H,40,47)(H,43,44).